The van der Waals surface area contributed by atoms with E-state index in [-0.39, 0.29) is 31.4 Å². The normalized spacial score (nSPS) is 13.8. The van der Waals surface area contributed by atoms with Crippen LogP contribution in [0.2, 0.25) is 0 Å². The van der Waals surface area contributed by atoms with Gasteiger partial charge in [-0.05, 0) is 19.9 Å². The fourth-order valence-corrected chi connectivity index (χ4v) is 5.39. The standard InChI is InChI=1S/C15H21N5O3S2.ClH/c1-9-7-13(10(2)24-9)25(22,23)18-6-5-17-15(21)14-11-8-16-4-3-12(11)19-20-14;/h7,16,18H,3-6,8H2,1-2H3,(H,17,21)(H,19,20);1H. The molecule has 4 N–H and O–H groups in total. The number of nitrogens with zero attached hydrogens (tertiary/aromatic N) is 1. The zero-order chi connectivity index (χ0) is 18.0. The number of nitrogens with one attached hydrogen (secondary N) is 4. The van der Waals surface area contributed by atoms with E-state index in [9.17, 15) is 13.2 Å². The number of carbonyl (C=O) groups is 1. The second-order valence-corrected chi connectivity index (χ2v) is 9.08. The smallest absolute Gasteiger partial charge is 0.272 e. The number of H-pyrrole nitrogens is 1. The van der Waals surface area contributed by atoms with Gasteiger partial charge in [0.2, 0.25) is 10.0 Å². The third kappa shape index (κ3) is 4.44. The monoisotopic (exact) mass is 419 g/mol. The van der Waals surface area contributed by atoms with Crippen molar-refractivity contribution in [3.8, 4) is 0 Å². The number of fused-ring (bicyclic) bond motifs is 1. The Morgan fingerprint density at radius 2 is 2.12 bits per heavy atom. The second-order valence-electron chi connectivity index (χ2n) is 5.89. The summed E-state index contributed by atoms with van der Waals surface area (Å²) >= 11 is 1.44. The van der Waals surface area contributed by atoms with Crippen LogP contribution in [0.15, 0.2) is 11.0 Å². The van der Waals surface area contributed by atoms with Gasteiger partial charge in [-0.2, -0.15) is 5.10 Å². The molecule has 2 aromatic rings. The van der Waals surface area contributed by atoms with Crippen LogP contribution in [0, 0.1) is 13.8 Å². The zero-order valence-electron chi connectivity index (χ0n) is 14.5. The van der Waals surface area contributed by atoms with Gasteiger partial charge < -0.3 is 10.6 Å². The molecule has 1 aliphatic heterocycles. The topological polar surface area (TPSA) is 116 Å². The van der Waals surface area contributed by atoms with Gasteiger partial charge in [0.25, 0.3) is 5.91 Å². The van der Waals surface area contributed by atoms with Gasteiger partial charge in [-0.25, -0.2) is 13.1 Å². The quantitative estimate of drug-likeness (QED) is 0.518. The van der Waals surface area contributed by atoms with E-state index in [0.717, 1.165) is 34.0 Å². The van der Waals surface area contributed by atoms with Crippen molar-refractivity contribution in [2.75, 3.05) is 19.6 Å². The van der Waals surface area contributed by atoms with E-state index in [1.54, 1.807) is 13.0 Å². The molecule has 2 aromatic heterocycles. The first-order chi connectivity index (χ1) is 11.9. The van der Waals surface area contributed by atoms with E-state index in [1.807, 2.05) is 6.92 Å². The Bertz CT molecular complexity index is 891. The predicted molar refractivity (Wildman–Crippen MR) is 103 cm³/mol. The van der Waals surface area contributed by atoms with E-state index in [1.165, 1.54) is 11.3 Å². The average molecular weight is 420 g/mol. The van der Waals surface area contributed by atoms with Gasteiger partial charge in [0.15, 0.2) is 5.69 Å². The van der Waals surface area contributed by atoms with Crippen LogP contribution in [0.3, 0.4) is 0 Å². The largest absolute Gasteiger partial charge is 0.349 e. The molecule has 0 saturated carbocycles. The number of aryl methyl sites for hydroxylation is 2. The fraction of sp³-hybridized carbons (Fsp3) is 0.467. The zero-order valence-corrected chi connectivity index (χ0v) is 17.0. The van der Waals surface area contributed by atoms with Crippen LogP contribution >= 0.6 is 23.7 Å². The number of rotatable bonds is 6. The maximum Gasteiger partial charge on any atom is 0.272 e. The van der Waals surface area contributed by atoms with Crippen molar-refractivity contribution in [3.63, 3.8) is 0 Å². The van der Waals surface area contributed by atoms with Crippen molar-refractivity contribution in [3.05, 3.63) is 32.8 Å². The molecule has 0 unspecified atom stereocenters. The molecule has 1 amide bonds. The summed E-state index contributed by atoms with van der Waals surface area (Å²) in [6.07, 6.45) is 0.814. The molecule has 3 heterocycles. The first kappa shape index (κ1) is 20.8. The molecule has 0 aliphatic carbocycles. The minimum Gasteiger partial charge on any atom is -0.349 e. The lowest BCUT2D eigenvalue weighted by atomic mass is 10.1. The lowest BCUT2D eigenvalue weighted by Crippen LogP contribution is -2.35. The number of carbonyl (C=O) groups excluding carboxylic acids is 1. The number of hydrogen-bond donors (Lipinski definition) is 4. The van der Waals surface area contributed by atoms with Gasteiger partial charge in [-0.3, -0.25) is 9.89 Å². The lowest BCUT2D eigenvalue weighted by Gasteiger charge is -2.13. The molecule has 3 rings (SSSR count). The molecule has 8 nitrogen and oxygen atoms in total. The Morgan fingerprint density at radius 1 is 1.35 bits per heavy atom. The molecule has 0 radical (unpaired) electrons. The lowest BCUT2D eigenvalue weighted by molar-refractivity contribution is 0.0948. The molecular weight excluding hydrogens is 398 g/mol. The first-order valence-electron chi connectivity index (χ1n) is 8.00. The highest BCUT2D eigenvalue weighted by molar-refractivity contribution is 7.89. The Balaban J connectivity index is 0.00000243. The van der Waals surface area contributed by atoms with Crippen molar-refractivity contribution in [2.24, 2.45) is 0 Å². The van der Waals surface area contributed by atoms with Gasteiger partial charge in [0.05, 0.1) is 4.90 Å². The van der Waals surface area contributed by atoms with Gasteiger partial charge >= 0.3 is 0 Å². The predicted octanol–water partition coefficient (Wildman–Crippen LogP) is 0.864. The van der Waals surface area contributed by atoms with Gasteiger partial charge in [-0.15, -0.1) is 23.7 Å². The average Bonchev–Trinajstić information content (AvgIpc) is 3.14. The number of amides is 1. The van der Waals surface area contributed by atoms with Crippen LogP contribution in [0.4, 0.5) is 0 Å². The summed E-state index contributed by atoms with van der Waals surface area (Å²) in [5.74, 6) is -0.303. The summed E-state index contributed by atoms with van der Waals surface area (Å²) in [5.41, 5.74) is 2.23. The van der Waals surface area contributed by atoms with Crippen LogP contribution in [-0.4, -0.2) is 44.2 Å². The highest BCUT2D eigenvalue weighted by atomic mass is 35.5. The summed E-state index contributed by atoms with van der Waals surface area (Å²) in [4.78, 5) is 14.2. The molecule has 0 fully saturated rings. The van der Waals surface area contributed by atoms with Crippen LogP contribution in [-0.2, 0) is 23.0 Å². The molecule has 0 bridgehead atoms. The summed E-state index contributed by atoms with van der Waals surface area (Å²) in [6.45, 7) is 5.43. The van der Waals surface area contributed by atoms with Crippen LogP contribution < -0.4 is 15.4 Å². The highest BCUT2D eigenvalue weighted by Gasteiger charge is 2.22. The number of thiophene rings is 1. The Hall–Kier alpha value is -1.46. The van der Waals surface area contributed by atoms with Crippen LogP contribution in [0.1, 0.15) is 31.5 Å². The fourth-order valence-electron chi connectivity index (χ4n) is 2.81. The molecular formula is C15H22ClN5O3S2. The SMILES string of the molecule is Cc1cc(S(=O)(=O)NCCNC(=O)c2n[nH]c3c2CNCC3)c(C)s1.Cl. The summed E-state index contributed by atoms with van der Waals surface area (Å²) in [7, 11) is -3.56. The number of aromatic nitrogens is 2. The van der Waals surface area contributed by atoms with Crippen LogP contribution in [0.25, 0.3) is 0 Å². The summed E-state index contributed by atoms with van der Waals surface area (Å²) < 4.78 is 27.1. The van der Waals surface area contributed by atoms with E-state index in [4.69, 9.17) is 0 Å². The molecule has 0 atom stereocenters. The van der Waals surface area contributed by atoms with Crippen molar-refractivity contribution in [1.29, 1.82) is 0 Å². The van der Waals surface area contributed by atoms with Crippen molar-refractivity contribution < 1.29 is 13.2 Å². The Kier molecular flexibility index (Phi) is 6.80. The van der Waals surface area contributed by atoms with Crippen molar-refractivity contribution >= 4 is 39.7 Å². The van der Waals surface area contributed by atoms with Gasteiger partial charge in [-0.1, -0.05) is 0 Å². The number of sulfonamides is 1. The van der Waals surface area contributed by atoms with E-state index in [0.29, 0.717) is 17.1 Å². The Labute approximate surface area is 162 Å². The number of aromatic amines is 1. The van der Waals surface area contributed by atoms with Crippen LogP contribution in [0.5, 0.6) is 0 Å². The summed E-state index contributed by atoms with van der Waals surface area (Å²) in [6, 6.07) is 1.66. The van der Waals surface area contributed by atoms with E-state index < -0.39 is 10.0 Å². The molecule has 11 heteroatoms. The van der Waals surface area contributed by atoms with Crippen molar-refractivity contribution in [2.45, 2.75) is 31.7 Å². The third-order valence-corrected chi connectivity index (χ3v) is 6.69. The first-order valence-corrected chi connectivity index (χ1v) is 10.3. The maximum atomic E-state index is 12.3. The minimum atomic E-state index is -3.56. The highest BCUT2D eigenvalue weighted by Crippen LogP contribution is 2.24. The van der Waals surface area contributed by atoms with E-state index >= 15 is 0 Å². The molecule has 0 spiro atoms. The molecule has 144 valence electrons. The van der Waals surface area contributed by atoms with Gasteiger partial charge in [0.1, 0.15) is 0 Å². The Morgan fingerprint density at radius 3 is 2.81 bits per heavy atom. The molecule has 0 aromatic carbocycles. The van der Waals surface area contributed by atoms with Crippen molar-refractivity contribution in [1.82, 2.24) is 25.6 Å². The van der Waals surface area contributed by atoms with E-state index in [2.05, 4.69) is 25.6 Å². The third-order valence-electron chi connectivity index (χ3n) is 4.01. The minimum absolute atomic E-state index is 0. The number of hydrogen-bond acceptors (Lipinski definition) is 6. The second kappa shape index (κ2) is 8.49. The molecule has 26 heavy (non-hydrogen) atoms. The maximum absolute atomic E-state index is 12.3. The molecule has 0 saturated heterocycles. The molecule has 1 aliphatic rings. The van der Waals surface area contributed by atoms with Gasteiger partial charge in [0, 0.05) is 53.6 Å². The number of halogens is 1. The summed E-state index contributed by atoms with van der Waals surface area (Å²) in [5, 5.41) is 12.9.